The molecule has 0 atom stereocenters. The molecule has 90 valence electrons. The molecule has 1 fully saturated rings. The topological polar surface area (TPSA) is 43.3 Å². The largest absolute Gasteiger partial charge is 0.397 e. The molecule has 1 aliphatic heterocycles. The third kappa shape index (κ3) is 2.14. The maximum absolute atomic E-state index is 5.94. The minimum absolute atomic E-state index is 0.795. The van der Waals surface area contributed by atoms with Crippen LogP contribution in [0.3, 0.4) is 0 Å². The van der Waals surface area contributed by atoms with Crippen LogP contribution in [0.4, 0.5) is 5.69 Å². The number of anilines is 1. The summed E-state index contributed by atoms with van der Waals surface area (Å²) in [4.78, 5) is 4.53. The van der Waals surface area contributed by atoms with Gasteiger partial charge in [-0.15, -0.1) is 0 Å². The monoisotopic (exact) mass is 247 g/mol. The zero-order chi connectivity index (χ0) is 11.7. The lowest BCUT2D eigenvalue weighted by molar-refractivity contribution is 0.475. The van der Waals surface area contributed by atoms with E-state index in [9.17, 15) is 0 Å². The number of thioether (sulfide) groups is 1. The first kappa shape index (κ1) is 11.0. The minimum Gasteiger partial charge on any atom is -0.397 e. The number of imidazole rings is 1. The number of fused-ring (bicyclic) bond motifs is 1. The number of nitrogens with two attached hydrogens (primary N) is 1. The molecule has 0 aromatic carbocycles. The molecule has 2 aromatic rings. The highest BCUT2D eigenvalue weighted by atomic mass is 32.2. The highest BCUT2D eigenvalue weighted by molar-refractivity contribution is 7.99. The van der Waals surface area contributed by atoms with E-state index < -0.39 is 0 Å². The normalized spacial score (nSPS) is 17.6. The van der Waals surface area contributed by atoms with Gasteiger partial charge in [-0.1, -0.05) is 0 Å². The Balaban J connectivity index is 1.87. The van der Waals surface area contributed by atoms with Crippen LogP contribution in [0.15, 0.2) is 24.5 Å². The molecule has 2 N–H and O–H groups in total. The summed E-state index contributed by atoms with van der Waals surface area (Å²) in [6.07, 6.45) is 7.68. The lowest BCUT2D eigenvalue weighted by Crippen LogP contribution is -2.13. The van der Waals surface area contributed by atoms with Crippen LogP contribution in [0.25, 0.3) is 5.52 Å². The predicted molar refractivity (Wildman–Crippen MR) is 73.4 cm³/mol. The number of hydrogen-bond acceptors (Lipinski definition) is 3. The van der Waals surface area contributed by atoms with Crippen molar-refractivity contribution < 1.29 is 0 Å². The van der Waals surface area contributed by atoms with Gasteiger partial charge < -0.3 is 10.1 Å². The highest BCUT2D eigenvalue weighted by Crippen LogP contribution is 2.26. The van der Waals surface area contributed by atoms with Crippen molar-refractivity contribution in [2.45, 2.75) is 19.3 Å². The van der Waals surface area contributed by atoms with E-state index in [2.05, 4.69) is 27.3 Å². The number of pyridine rings is 1. The standard InChI is InChI=1S/C13H17N3S/c14-11-2-1-5-16-12(11)9-15-13(16)8-10-3-6-17-7-4-10/h1-2,5,9-10H,3-4,6-8,14H2. The lowest BCUT2D eigenvalue weighted by Gasteiger charge is -2.20. The SMILES string of the molecule is Nc1cccn2c(CC3CCSCC3)ncc12. The second-order valence-electron chi connectivity index (χ2n) is 4.65. The van der Waals surface area contributed by atoms with Crippen molar-refractivity contribution in [2.75, 3.05) is 17.2 Å². The van der Waals surface area contributed by atoms with Crippen LogP contribution in [-0.4, -0.2) is 20.9 Å². The third-order valence-corrected chi connectivity index (χ3v) is 4.54. The number of nitrogen functional groups attached to an aromatic ring is 1. The Labute approximate surface area is 105 Å². The molecular weight excluding hydrogens is 230 g/mol. The van der Waals surface area contributed by atoms with Gasteiger partial charge in [-0.3, -0.25) is 0 Å². The second-order valence-corrected chi connectivity index (χ2v) is 5.88. The Hall–Kier alpha value is -1.16. The summed E-state index contributed by atoms with van der Waals surface area (Å²) in [5.41, 5.74) is 7.78. The van der Waals surface area contributed by atoms with Gasteiger partial charge >= 0.3 is 0 Å². The fourth-order valence-corrected chi connectivity index (χ4v) is 3.66. The Morgan fingerprint density at radius 3 is 3.06 bits per heavy atom. The van der Waals surface area contributed by atoms with E-state index >= 15 is 0 Å². The van der Waals surface area contributed by atoms with Crippen molar-refractivity contribution in [1.82, 2.24) is 9.38 Å². The molecule has 0 spiro atoms. The van der Waals surface area contributed by atoms with E-state index in [1.54, 1.807) is 0 Å². The fraction of sp³-hybridized carbons (Fsp3) is 0.462. The van der Waals surface area contributed by atoms with E-state index in [0.29, 0.717) is 0 Å². The van der Waals surface area contributed by atoms with Crippen molar-refractivity contribution >= 4 is 23.0 Å². The first-order valence-corrected chi connectivity index (χ1v) is 7.28. The molecule has 0 aliphatic carbocycles. The van der Waals surface area contributed by atoms with Gasteiger partial charge in [-0.05, 0) is 42.4 Å². The van der Waals surface area contributed by atoms with Crippen LogP contribution in [0.2, 0.25) is 0 Å². The van der Waals surface area contributed by atoms with Crippen molar-refractivity contribution in [3.8, 4) is 0 Å². The average molecular weight is 247 g/mol. The molecule has 3 rings (SSSR count). The zero-order valence-corrected chi connectivity index (χ0v) is 10.6. The Morgan fingerprint density at radius 2 is 2.24 bits per heavy atom. The average Bonchev–Trinajstić information content (AvgIpc) is 2.76. The minimum atomic E-state index is 0.795. The quantitative estimate of drug-likeness (QED) is 0.887. The van der Waals surface area contributed by atoms with Crippen LogP contribution in [-0.2, 0) is 6.42 Å². The third-order valence-electron chi connectivity index (χ3n) is 3.49. The highest BCUT2D eigenvalue weighted by Gasteiger charge is 2.16. The smallest absolute Gasteiger partial charge is 0.113 e. The van der Waals surface area contributed by atoms with E-state index in [1.165, 1.54) is 24.3 Å². The van der Waals surface area contributed by atoms with Crippen molar-refractivity contribution in [2.24, 2.45) is 5.92 Å². The molecule has 3 nitrogen and oxygen atoms in total. The van der Waals surface area contributed by atoms with Gasteiger partial charge in [0.2, 0.25) is 0 Å². The van der Waals surface area contributed by atoms with Gasteiger partial charge in [-0.25, -0.2) is 4.98 Å². The predicted octanol–water partition coefficient (Wildman–Crippen LogP) is 2.60. The molecule has 2 aromatic heterocycles. The van der Waals surface area contributed by atoms with E-state index in [1.807, 2.05) is 18.3 Å². The Kier molecular flexibility index (Phi) is 2.97. The fourth-order valence-electron chi connectivity index (χ4n) is 2.46. The van der Waals surface area contributed by atoms with Gasteiger partial charge in [0, 0.05) is 12.6 Å². The van der Waals surface area contributed by atoms with Crippen molar-refractivity contribution in [3.63, 3.8) is 0 Å². The van der Waals surface area contributed by atoms with Gasteiger partial charge in [0.05, 0.1) is 17.4 Å². The summed E-state index contributed by atoms with van der Waals surface area (Å²) in [6.45, 7) is 0. The summed E-state index contributed by atoms with van der Waals surface area (Å²) in [7, 11) is 0. The van der Waals surface area contributed by atoms with Crippen molar-refractivity contribution in [1.29, 1.82) is 0 Å². The molecule has 4 heteroatoms. The van der Waals surface area contributed by atoms with E-state index in [0.717, 1.165) is 29.4 Å². The molecule has 1 saturated heterocycles. The summed E-state index contributed by atoms with van der Waals surface area (Å²) in [5.74, 6) is 4.55. The van der Waals surface area contributed by atoms with Gasteiger partial charge in [-0.2, -0.15) is 11.8 Å². The molecule has 17 heavy (non-hydrogen) atoms. The maximum Gasteiger partial charge on any atom is 0.113 e. The Bertz CT molecular complexity index is 514. The molecular formula is C13H17N3S. The van der Waals surface area contributed by atoms with Crippen LogP contribution < -0.4 is 5.73 Å². The van der Waals surface area contributed by atoms with Gasteiger partial charge in [0.15, 0.2) is 0 Å². The van der Waals surface area contributed by atoms with Crippen LogP contribution in [0.5, 0.6) is 0 Å². The first-order valence-electron chi connectivity index (χ1n) is 6.13. The van der Waals surface area contributed by atoms with Crippen LogP contribution >= 0.6 is 11.8 Å². The molecule has 0 unspecified atom stereocenters. The second kappa shape index (κ2) is 4.61. The first-order chi connectivity index (χ1) is 8.34. The van der Waals surface area contributed by atoms with E-state index in [4.69, 9.17) is 5.73 Å². The molecule has 0 amide bonds. The molecule has 3 heterocycles. The molecule has 0 radical (unpaired) electrons. The number of hydrogen-bond donors (Lipinski definition) is 1. The van der Waals surface area contributed by atoms with Crippen LogP contribution in [0.1, 0.15) is 18.7 Å². The Morgan fingerprint density at radius 1 is 1.41 bits per heavy atom. The maximum atomic E-state index is 5.94. The summed E-state index contributed by atoms with van der Waals surface area (Å²) in [6, 6.07) is 3.92. The zero-order valence-electron chi connectivity index (χ0n) is 9.80. The van der Waals surface area contributed by atoms with E-state index in [-0.39, 0.29) is 0 Å². The van der Waals surface area contributed by atoms with Gasteiger partial charge in [0.25, 0.3) is 0 Å². The molecule has 0 saturated carbocycles. The molecule has 0 bridgehead atoms. The summed E-state index contributed by atoms with van der Waals surface area (Å²) < 4.78 is 2.14. The summed E-state index contributed by atoms with van der Waals surface area (Å²) >= 11 is 2.07. The number of rotatable bonds is 2. The van der Waals surface area contributed by atoms with Crippen LogP contribution in [0, 0.1) is 5.92 Å². The van der Waals surface area contributed by atoms with Gasteiger partial charge in [0.1, 0.15) is 5.82 Å². The number of nitrogens with zero attached hydrogens (tertiary/aromatic N) is 2. The summed E-state index contributed by atoms with van der Waals surface area (Å²) in [5, 5.41) is 0. The molecule has 1 aliphatic rings. The lowest BCUT2D eigenvalue weighted by atomic mass is 9.98. The van der Waals surface area contributed by atoms with Crippen molar-refractivity contribution in [3.05, 3.63) is 30.4 Å². The number of aromatic nitrogens is 2.